The van der Waals surface area contributed by atoms with Gasteiger partial charge in [0, 0.05) is 35.9 Å². The molecule has 0 bridgehead atoms. The quantitative estimate of drug-likeness (QED) is 0.0982. The van der Waals surface area contributed by atoms with Crippen LogP contribution in [0.2, 0.25) is 16.6 Å². The van der Waals surface area contributed by atoms with Crippen LogP contribution in [0, 0.1) is 5.41 Å². The van der Waals surface area contributed by atoms with Crippen molar-refractivity contribution in [3.05, 3.63) is 53.7 Å². The first-order chi connectivity index (χ1) is 22.7. The van der Waals surface area contributed by atoms with Crippen molar-refractivity contribution in [3.63, 3.8) is 0 Å². The van der Waals surface area contributed by atoms with E-state index in [0.29, 0.717) is 29.7 Å². The number of amides is 1. The van der Waals surface area contributed by atoms with E-state index in [1.165, 1.54) is 14.0 Å². The van der Waals surface area contributed by atoms with Crippen LogP contribution in [0.4, 0.5) is 4.79 Å². The van der Waals surface area contributed by atoms with Crippen molar-refractivity contribution in [1.82, 2.24) is 10.3 Å². The Morgan fingerprint density at radius 1 is 0.878 bits per heavy atom. The molecular weight excluding hydrogens is 637 g/mol. The van der Waals surface area contributed by atoms with Gasteiger partial charge in [-0.05, 0) is 90.3 Å². The Kier molecular flexibility index (Phi) is 12.8. The van der Waals surface area contributed by atoms with Gasteiger partial charge >= 0.3 is 18.0 Å². The summed E-state index contributed by atoms with van der Waals surface area (Å²) < 4.78 is 23.1. The molecule has 49 heavy (non-hydrogen) atoms. The first kappa shape index (κ1) is 39.6. The zero-order valence-electron chi connectivity index (χ0n) is 31.8. The van der Waals surface area contributed by atoms with Crippen molar-refractivity contribution in [2.45, 2.75) is 124 Å². The summed E-state index contributed by atoms with van der Waals surface area (Å²) in [5, 5.41) is 3.80. The molecular formula is C39H58N2O7Si. The van der Waals surface area contributed by atoms with Crippen LogP contribution in [0.25, 0.3) is 22.0 Å². The fourth-order valence-electron chi connectivity index (χ4n) is 6.95. The number of carbonyl (C=O) groups is 3. The van der Waals surface area contributed by atoms with Crippen LogP contribution < -0.4 is 9.74 Å². The van der Waals surface area contributed by atoms with Crippen LogP contribution in [0.3, 0.4) is 0 Å². The van der Waals surface area contributed by atoms with Crippen molar-refractivity contribution in [3.8, 4) is 16.9 Å². The van der Waals surface area contributed by atoms with Crippen molar-refractivity contribution in [2.24, 2.45) is 5.41 Å². The molecule has 1 atom stereocenters. The topological polar surface area (TPSA) is 116 Å². The lowest BCUT2D eigenvalue weighted by atomic mass is 9.86. The van der Waals surface area contributed by atoms with E-state index in [4.69, 9.17) is 18.6 Å². The van der Waals surface area contributed by atoms with E-state index in [9.17, 15) is 14.4 Å². The van der Waals surface area contributed by atoms with Crippen LogP contribution in [-0.2, 0) is 36.6 Å². The van der Waals surface area contributed by atoms with Gasteiger partial charge in [0.05, 0.1) is 13.7 Å². The predicted molar refractivity (Wildman–Crippen MR) is 198 cm³/mol. The molecule has 0 spiro atoms. The molecule has 1 amide bonds. The number of esters is 2. The number of hydrogen-bond donors (Lipinski definition) is 2. The molecule has 1 aromatic heterocycles. The van der Waals surface area contributed by atoms with Gasteiger partial charge in [-0.15, -0.1) is 0 Å². The number of alkyl carbamates (subject to hydrolysis) is 1. The van der Waals surface area contributed by atoms with Crippen molar-refractivity contribution in [1.29, 1.82) is 0 Å². The van der Waals surface area contributed by atoms with Crippen molar-refractivity contribution < 1.29 is 33.0 Å². The average Bonchev–Trinajstić information content (AvgIpc) is 3.37. The molecule has 1 heterocycles. The van der Waals surface area contributed by atoms with E-state index in [1.54, 1.807) is 20.8 Å². The summed E-state index contributed by atoms with van der Waals surface area (Å²) in [6.45, 7) is 24.7. The smallest absolute Gasteiger partial charge is 0.408 e. The van der Waals surface area contributed by atoms with E-state index in [1.807, 2.05) is 18.3 Å². The Morgan fingerprint density at radius 3 is 2.06 bits per heavy atom. The van der Waals surface area contributed by atoms with Gasteiger partial charge in [-0.3, -0.25) is 4.79 Å². The molecule has 0 aliphatic rings. The summed E-state index contributed by atoms with van der Waals surface area (Å²) in [4.78, 5) is 40.6. The van der Waals surface area contributed by atoms with Gasteiger partial charge in [-0.2, -0.15) is 0 Å². The Hall–Kier alpha value is -3.79. The second-order valence-electron chi connectivity index (χ2n) is 15.9. The summed E-state index contributed by atoms with van der Waals surface area (Å²) in [5.41, 5.74) is 4.93. The van der Waals surface area contributed by atoms with Crippen LogP contribution in [0.1, 0.15) is 94.2 Å². The van der Waals surface area contributed by atoms with E-state index in [0.717, 1.165) is 38.9 Å². The Labute approximate surface area is 293 Å². The van der Waals surface area contributed by atoms with Crippen LogP contribution in [-0.4, -0.2) is 56.7 Å². The third-order valence-corrected chi connectivity index (χ3v) is 15.0. The fraction of sp³-hybridized carbons (Fsp3) is 0.564. The van der Waals surface area contributed by atoms with Crippen LogP contribution in [0.15, 0.2) is 42.6 Å². The number of H-pyrrole nitrogens is 1. The number of aromatic nitrogens is 1. The summed E-state index contributed by atoms with van der Waals surface area (Å²) in [6.07, 6.45) is 2.22. The number of methoxy groups -OCH3 is 1. The van der Waals surface area contributed by atoms with Gasteiger partial charge in [-0.25, -0.2) is 9.59 Å². The highest BCUT2D eigenvalue weighted by Crippen LogP contribution is 2.44. The Balaban J connectivity index is 2.15. The molecule has 10 heteroatoms. The maximum Gasteiger partial charge on any atom is 0.408 e. The van der Waals surface area contributed by atoms with Gasteiger partial charge in [0.25, 0.3) is 8.32 Å². The summed E-state index contributed by atoms with van der Waals surface area (Å²) >= 11 is 0. The van der Waals surface area contributed by atoms with E-state index in [2.05, 4.69) is 90.0 Å². The largest absolute Gasteiger partial charge is 0.543 e. The third kappa shape index (κ3) is 10.4. The molecule has 9 nitrogen and oxygen atoms in total. The molecule has 0 unspecified atom stereocenters. The number of benzene rings is 2. The maximum atomic E-state index is 13.0. The maximum absolute atomic E-state index is 13.0. The molecule has 3 rings (SSSR count). The molecule has 0 radical (unpaired) electrons. The minimum Gasteiger partial charge on any atom is -0.543 e. The molecule has 2 N–H and O–H groups in total. The third-order valence-electron chi connectivity index (χ3n) is 9.02. The molecule has 3 aromatic rings. The van der Waals surface area contributed by atoms with E-state index in [-0.39, 0.29) is 17.8 Å². The number of ether oxygens (including phenoxy) is 3. The monoisotopic (exact) mass is 694 g/mol. The lowest BCUT2D eigenvalue weighted by molar-refractivity contribution is -0.144. The van der Waals surface area contributed by atoms with Crippen LogP contribution in [0.5, 0.6) is 5.75 Å². The van der Waals surface area contributed by atoms with Crippen LogP contribution >= 0.6 is 0 Å². The lowest BCUT2D eigenvalue weighted by Crippen LogP contribution is -2.50. The van der Waals surface area contributed by atoms with Gasteiger partial charge < -0.3 is 28.9 Å². The molecule has 0 aliphatic heterocycles. The second-order valence-corrected chi connectivity index (χ2v) is 21.3. The molecule has 0 saturated carbocycles. The molecule has 0 saturated heterocycles. The highest BCUT2D eigenvalue weighted by atomic mass is 28.4. The first-order valence-electron chi connectivity index (χ1n) is 17.3. The highest BCUT2D eigenvalue weighted by Gasteiger charge is 2.47. The predicted octanol–water partition coefficient (Wildman–Crippen LogP) is 9.13. The first-order valence-corrected chi connectivity index (χ1v) is 19.5. The number of carbonyl (C=O) groups excluding carboxylic acids is 3. The Morgan fingerprint density at radius 2 is 1.51 bits per heavy atom. The molecule has 270 valence electrons. The number of aromatic amines is 1. The van der Waals surface area contributed by atoms with E-state index >= 15 is 0 Å². The van der Waals surface area contributed by atoms with Gasteiger partial charge in [-0.1, -0.05) is 67.5 Å². The fourth-order valence-corrected chi connectivity index (χ4v) is 12.2. The average molecular weight is 695 g/mol. The van der Waals surface area contributed by atoms with E-state index < -0.39 is 32.0 Å². The molecule has 0 fully saturated rings. The standard InChI is InChI=1S/C39H58N2O7Si/c1-24(2)49(25(3)4,26(5)6)48-32-17-28(18-35(36(43)45-13)41-37(44)47-38(8,9)10)16-30(19-32)29-14-15-34-33(20-29)31(22-40-34)21-39(11,12)23-46-27(7)42/h14-17,19-20,22,24-26,35,40H,18,21,23H2,1-13H3,(H,41,44)/t35-/m0/s1. The van der Waals surface area contributed by atoms with Gasteiger partial charge in [0.1, 0.15) is 17.4 Å². The summed E-state index contributed by atoms with van der Waals surface area (Å²) in [5.74, 6) is -0.112. The number of hydrogen-bond acceptors (Lipinski definition) is 7. The zero-order chi connectivity index (χ0) is 36.9. The molecule has 2 aromatic carbocycles. The number of nitrogens with one attached hydrogen (secondary N) is 2. The zero-order valence-corrected chi connectivity index (χ0v) is 32.8. The summed E-state index contributed by atoms with van der Waals surface area (Å²) in [6, 6.07) is 11.5. The SMILES string of the molecule is COC(=O)[C@H](Cc1cc(O[Si](C(C)C)(C(C)C)C(C)C)cc(-c2ccc3[nH]cc(CC(C)(C)COC(C)=O)c3c2)c1)NC(=O)OC(C)(C)C. The summed E-state index contributed by atoms with van der Waals surface area (Å²) in [7, 11) is -1.04. The van der Waals surface area contributed by atoms with Crippen molar-refractivity contribution in [2.75, 3.05) is 13.7 Å². The second kappa shape index (κ2) is 15.8. The number of rotatable bonds is 14. The van der Waals surface area contributed by atoms with Crippen molar-refractivity contribution >= 4 is 37.3 Å². The lowest BCUT2D eigenvalue weighted by Gasteiger charge is -2.42. The highest BCUT2D eigenvalue weighted by molar-refractivity contribution is 6.78. The van der Waals surface area contributed by atoms with Gasteiger partial charge in [0.15, 0.2) is 0 Å². The minimum atomic E-state index is -2.34. The number of fused-ring (bicyclic) bond motifs is 1. The van der Waals surface area contributed by atoms with Gasteiger partial charge in [0.2, 0.25) is 0 Å². The normalized spacial score (nSPS) is 13.1. The molecule has 0 aliphatic carbocycles. The minimum absolute atomic E-state index is 0.178. The Bertz CT molecular complexity index is 1600.